The van der Waals surface area contributed by atoms with Crippen molar-refractivity contribution in [2.24, 2.45) is 0 Å². The molecule has 0 bridgehead atoms. The summed E-state index contributed by atoms with van der Waals surface area (Å²) >= 11 is 0. The molecule has 0 amide bonds. The predicted molar refractivity (Wildman–Crippen MR) is 167 cm³/mol. The summed E-state index contributed by atoms with van der Waals surface area (Å²) in [6.45, 7) is 8.51. The first-order chi connectivity index (χ1) is 16.0. The van der Waals surface area contributed by atoms with Crippen LogP contribution in [0, 0.1) is 0 Å². The molecule has 8 heteroatoms. The van der Waals surface area contributed by atoms with Crippen molar-refractivity contribution in [2.45, 2.75) is 34.2 Å². The Hall–Kier alpha value is 0.1000. The summed E-state index contributed by atoms with van der Waals surface area (Å²) in [4.78, 5) is 0. The van der Waals surface area contributed by atoms with Crippen LogP contribution in [0.5, 0.6) is 0 Å². The number of halogens is 4. The van der Waals surface area contributed by atoms with Crippen molar-refractivity contribution < 1.29 is 10.2 Å². The van der Waals surface area contributed by atoms with Crippen LogP contribution in [0.4, 0.5) is 11.4 Å². The quantitative estimate of drug-likeness (QED) is 0.221. The Balaban J connectivity index is 2.05. The van der Waals surface area contributed by atoms with Gasteiger partial charge in [0.05, 0.1) is 0 Å². The molecule has 2 aliphatic carbocycles. The molecule has 0 aliphatic heterocycles. The summed E-state index contributed by atoms with van der Waals surface area (Å²) in [7, 11) is 39.1. The molecule has 36 heavy (non-hydrogen) atoms. The van der Waals surface area contributed by atoms with Crippen molar-refractivity contribution in [1.29, 1.82) is 0 Å². The summed E-state index contributed by atoms with van der Waals surface area (Å²) in [6, 6.07) is 13.1. The molecule has 0 N–H and O–H groups in total. The molecule has 4 rings (SSSR count). The molecule has 0 heterocycles. The zero-order chi connectivity index (χ0) is 27.4. The summed E-state index contributed by atoms with van der Waals surface area (Å²) in [5.74, 6) is -2.17. The second-order valence-corrected chi connectivity index (χ2v) is 93.6. The average molecular weight is 667 g/mol. The Morgan fingerprint density at radius 2 is 0.972 bits per heavy atom. The van der Waals surface area contributed by atoms with E-state index in [1.165, 1.54) is 11.4 Å². The minimum absolute atomic E-state index is 0.422. The van der Waals surface area contributed by atoms with E-state index in [0.717, 1.165) is 42.4 Å². The van der Waals surface area contributed by atoms with Crippen molar-refractivity contribution in [3.63, 3.8) is 0 Å². The molecule has 0 saturated heterocycles. The van der Waals surface area contributed by atoms with Crippen molar-refractivity contribution in [3.8, 4) is 0 Å². The third kappa shape index (κ3) is 3.88. The summed E-state index contributed by atoms with van der Waals surface area (Å²) in [5.41, 5.74) is 8.90. The Labute approximate surface area is 227 Å². The van der Waals surface area contributed by atoms with E-state index in [0.29, 0.717) is 0 Å². The van der Waals surface area contributed by atoms with Crippen molar-refractivity contribution in [1.82, 2.24) is 8.97 Å². The molecule has 2 aromatic rings. The average Bonchev–Trinajstić information content (AvgIpc) is 3.21. The van der Waals surface area contributed by atoms with Gasteiger partial charge in [0.15, 0.2) is 0 Å². The summed E-state index contributed by atoms with van der Waals surface area (Å²) in [6.07, 6.45) is 4.40. The van der Waals surface area contributed by atoms with Crippen molar-refractivity contribution in [2.75, 3.05) is 42.3 Å². The van der Waals surface area contributed by atoms with Crippen LogP contribution in [0.2, 0.25) is 13.1 Å². The normalized spacial score (nSPS) is 23.2. The van der Waals surface area contributed by atoms with Crippen LogP contribution in [0.3, 0.4) is 0 Å². The van der Waals surface area contributed by atoms with E-state index in [-0.39, 0.29) is 0 Å². The molecule has 0 aromatic heterocycles. The predicted octanol–water partition coefficient (Wildman–Crippen LogP) is 9.06. The Kier molecular flexibility index (Phi) is 6.01. The van der Waals surface area contributed by atoms with E-state index in [1.807, 2.05) is 0 Å². The van der Waals surface area contributed by atoms with Crippen LogP contribution < -0.4 is 8.97 Å². The Morgan fingerprint density at radius 3 is 1.25 bits per heavy atom. The maximum atomic E-state index is 8.22. The Morgan fingerprint density at radius 1 is 0.639 bits per heavy atom. The van der Waals surface area contributed by atoms with Gasteiger partial charge in [0.2, 0.25) is 0 Å². The van der Waals surface area contributed by atoms with Gasteiger partial charge in [-0.15, -0.1) is 0 Å². The minimum atomic E-state index is -6.78. The van der Waals surface area contributed by atoms with Gasteiger partial charge in [-0.2, -0.15) is 0 Å². The van der Waals surface area contributed by atoms with Gasteiger partial charge in [-0.25, -0.2) is 0 Å². The van der Waals surface area contributed by atoms with Crippen molar-refractivity contribution >= 4 is 63.5 Å². The van der Waals surface area contributed by atoms with Gasteiger partial charge >= 0.3 is 229 Å². The van der Waals surface area contributed by atoms with E-state index in [2.05, 4.69) is 118 Å². The second kappa shape index (κ2) is 7.43. The second-order valence-electron chi connectivity index (χ2n) is 13.7. The molecule has 0 saturated carbocycles. The van der Waals surface area contributed by atoms with Gasteiger partial charge in [-0.1, -0.05) is 0 Å². The molecule has 2 nitrogen and oxygen atoms in total. The standard InChI is InChI=1S/2C13H17N.C2H7Si.4ClH.Zr/c2*1-10-7-11-5-6-13(14(2,3)4)9-12(11)8-10;1-3-2;;;;;/h2*5-9H,1-4H3;3H,1-2H3;4*1H;/q2*+1;;;;;;+4/p-4. The molecular formula is C28H41Cl4N2SiZr+2. The van der Waals surface area contributed by atoms with Gasteiger partial charge < -0.3 is 0 Å². The molecule has 2 aliphatic rings. The fraction of sp³-hybridized carbons (Fsp3) is 0.429. The topological polar surface area (TPSA) is 0 Å². The van der Waals surface area contributed by atoms with Gasteiger partial charge in [0.1, 0.15) is 0 Å². The van der Waals surface area contributed by atoms with E-state index in [9.17, 15) is 0 Å². The van der Waals surface area contributed by atoms with Gasteiger partial charge in [0.25, 0.3) is 0 Å². The van der Waals surface area contributed by atoms with Crippen LogP contribution >= 0.6 is 34.1 Å². The van der Waals surface area contributed by atoms with Crippen LogP contribution in [-0.4, -0.2) is 48.2 Å². The van der Waals surface area contributed by atoms with Crippen LogP contribution in [0.1, 0.15) is 43.4 Å². The number of hydrogen-bond donors (Lipinski definition) is 0. The maximum absolute atomic E-state index is 8.22. The zero-order valence-corrected chi connectivity index (χ0v) is 29.9. The molecule has 2 unspecified atom stereocenters. The van der Waals surface area contributed by atoms with Gasteiger partial charge in [0, 0.05) is 0 Å². The third-order valence-corrected chi connectivity index (χ3v) is 91.4. The number of allylic oxidation sites excluding steroid dienone is 2. The summed E-state index contributed by atoms with van der Waals surface area (Å²) < 4.78 is 0.596. The summed E-state index contributed by atoms with van der Waals surface area (Å²) in [5, 5.41) is 0. The Bertz CT molecular complexity index is 1290. The number of fused-ring (bicyclic) bond motifs is 2. The van der Waals surface area contributed by atoms with E-state index in [1.54, 1.807) is 0 Å². The van der Waals surface area contributed by atoms with Crippen LogP contribution in [0.25, 0.3) is 12.2 Å². The molecule has 197 valence electrons. The SMILES string of the molecule is CC1=Cc2cc([N+](C)(C)C)ccc2[CH]1[Zr]([Cl])([Cl])([Cl])([Cl])([CH]1C(C)=Cc2cc([N+](C)(C)C)ccc21)[SiH](C)C. The van der Waals surface area contributed by atoms with E-state index in [4.69, 9.17) is 34.1 Å². The van der Waals surface area contributed by atoms with E-state index < -0.39 is 23.4 Å². The number of benzene rings is 2. The van der Waals surface area contributed by atoms with Gasteiger partial charge in [-0.3, -0.25) is 0 Å². The fourth-order valence-electron chi connectivity index (χ4n) is 6.76. The molecule has 0 radical (unpaired) electrons. The number of rotatable bonds is 5. The first kappa shape index (κ1) is 29.1. The molecule has 2 atom stereocenters. The fourth-order valence-corrected chi connectivity index (χ4v) is 49.4. The van der Waals surface area contributed by atoms with Crippen molar-refractivity contribution in [3.05, 3.63) is 69.8 Å². The zero-order valence-electron chi connectivity index (χ0n) is 23.3. The molecule has 0 fully saturated rings. The monoisotopic (exact) mass is 663 g/mol. The van der Waals surface area contributed by atoms with E-state index >= 15 is 0 Å². The first-order valence-electron chi connectivity index (χ1n) is 12.7. The molecular weight excluding hydrogens is 625 g/mol. The van der Waals surface area contributed by atoms with Crippen LogP contribution in [-0.2, 0) is 10.2 Å². The molecule has 0 spiro atoms. The number of quaternary nitrogens is 2. The third-order valence-electron chi connectivity index (χ3n) is 9.07. The van der Waals surface area contributed by atoms with Crippen LogP contribution in [0.15, 0.2) is 47.5 Å². The number of hydrogen-bond acceptors (Lipinski definition) is 0. The van der Waals surface area contributed by atoms with Gasteiger partial charge in [-0.05, 0) is 0 Å². The first-order valence-corrected chi connectivity index (χ1v) is 35.3. The number of nitrogens with zero attached hydrogens (tertiary/aromatic N) is 2. The molecule has 2 aromatic carbocycles.